The summed E-state index contributed by atoms with van der Waals surface area (Å²) in [4.78, 5) is 24.3. The van der Waals surface area contributed by atoms with Crippen LogP contribution in [0.4, 0.5) is 5.69 Å². The van der Waals surface area contributed by atoms with E-state index in [-0.39, 0.29) is 18.7 Å². The number of carboxylic acid groups (broad SMARTS) is 1. The molecule has 1 amide bonds. The van der Waals surface area contributed by atoms with Crippen molar-refractivity contribution in [2.45, 2.75) is 32.3 Å². The Kier molecular flexibility index (Phi) is 3.46. The predicted molar refractivity (Wildman–Crippen MR) is 70.4 cm³/mol. The number of aliphatic carboxylic acids is 1. The van der Waals surface area contributed by atoms with Gasteiger partial charge in [-0.25, -0.2) is 0 Å². The third kappa shape index (κ3) is 3.05. The van der Waals surface area contributed by atoms with Crippen LogP contribution in [0, 0.1) is 0 Å². The number of anilines is 1. The number of rotatable bonds is 3. The average molecular weight is 263 g/mol. The molecule has 5 nitrogen and oxygen atoms in total. The molecule has 0 spiro atoms. The van der Waals surface area contributed by atoms with Crippen LogP contribution in [0.1, 0.15) is 26.7 Å². The van der Waals surface area contributed by atoms with Crippen molar-refractivity contribution in [3.63, 3.8) is 0 Å². The van der Waals surface area contributed by atoms with Gasteiger partial charge in [0.15, 0.2) is 0 Å². The van der Waals surface area contributed by atoms with Gasteiger partial charge in [-0.05, 0) is 26.0 Å². The number of hydrogen-bond acceptors (Lipinski definition) is 3. The van der Waals surface area contributed by atoms with Crippen LogP contribution < -0.4 is 9.64 Å². The molecule has 19 heavy (non-hydrogen) atoms. The highest BCUT2D eigenvalue weighted by molar-refractivity contribution is 5.96. The molecule has 1 N–H and O–H groups in total. The van der Waals surface area contributed by atoms with E-state index in [9.17, 15) is 9.59 Å². The van der Waals surface area contributed by atoms with Crippen molar-refractivity contribution in [2.24, 2.45) is 0 Å². The van der Waals surface area contributed by atoms with Crippen molar-refractivity contribution in [3.8, 4) is 5.75 Å². The van der Waals surface area contributed by atoms with Crippen molar-refractivity contribution in [1.82, 2.24) is 0 Å². The zero-order chi connectivity index (χ0) is 14.0. The van der Waals surface area contributed by atoms with Gasteiger partial charge in [-0.3, -0.25) is 9.59 Å². The van der Waals surface area contributed by atoms with E-state index in [1.54, 1.807) is 4.90 Å². The van der Waals surface area contributed by atoms with E-state index in [0.717, 1.165) is 0 Å². The molecule has 0 saturated heterocycles. The summed E-state index contributed by atoms with van der Waals surface area (Å²) in [5, 5.41) is 8.66. The number of fused-ring (bicyclic) bond motifs is 1. The van der Waals surface area contributed by atoms with Crippen LogP contribution in [-0.4, -0.2) is 29.1 Å². The van der Waals surface area contributed by atoms with E-state index < -0.39 is 11.6 Å². The Bertz CT molecular complexity index is 510. The normalized spacial score (nSPS) is 16.4. The van der Waals surface area contributed by atoms with E-state index >= 15 is 0 Å². The Labute approximate surface area is 111 Å². The maximum absolute atomic E-state index is 12.2. The number of nitrogens with zero attached hydrogens (tertiary/aromatic N) is 1. The minimum Gasteiger partial charge on any atom is -0.484 e. The van der Waals surface area contributed by atoms with Crippen molar-refractivity contribution >= 4 is 17.6 Å². The molecule has 1 aromatic rings. The number of para-hydroxylation sites is 2. The lowest BCUT2D eigenvalue weighted by Crippen LogP contribution is -2.49. The summed E-state index contributed by atoms with van der Waals surface area (Å²) in [6.45, 7) is 4.23. The van der Waals surface area contributed by atoms with E-state index in [2.05, 4.69) is 0 Å². The van der Waals surface area contributed by atoms with Gasteiger partial charge in [0.1, 0.15) is 11.4 Å². The quantitative estimate of drug-likeness (QED) is 0.906. The molecule has 5 heteroatoms. The zero-order valence-corrected chi connectivity index (χ0v) is 11.0. The Morgan fingerprint density at radius 3 is 2.68 bits per heavy atom. The highest BCUT2D eigenvalue weighted by Gasteiger charge is 2.34. The minimum atomic E-state index is -0.964. The van der Waals surface area contributed by atoms with Crippen LogP contribution >= 0.6 is 0 Å². The second-order valence-corrected chi connectivity index (χ2v) is 5.20. The lowest BCUT2D eigenvalue weighted by Gasteiger charge is -2.39. The summed E-state index contributed by atoms with van der Waals surface area (Å²) in [7, 11) is 0. The number of carbonyl (C=O) groups excluding carboxylic acids is 1. The maximum atomic E-state index is 12.2. The molecule has 0 saturated carbocycles. The topological polar surface area (TPSA) is 66.8 Å². The Morgan fingerprint density at radius 1 is 1.32 bits per heavy atom. The molecular weight excluding hydrogens is 246 g/mol. The molecule has 1 aliphatic heterocycles. The molecule has 0 bridgehead atoms. The van der Waals surface area contributed by atoms with Gasteiger partial charge in [0.05, 0.1) is 18.7 Å². The summed E-state index contributed by atoms with van der Waals surface area (Å²) in [5.41, 5.74) is 0.227. The summed E-state index contributed by atoms with van der Waals surface area (Å²) in [5.74, 6) is -0.497. The second-order valence-electron chi connectivity index (χ2n) is 5.20. The molecule has 0 aromatic heterocycles. The Balaban J connectivity index is 2.24. The first-order valence-electron chi connectivity index (χ1n) is 6.19. The number of benzene rings is 1. The molecule has 0 unspecified atom stereocenters. The number of ether oxygens (including phenoxy) is 1. The fourth-order valence-electron chi connectivity index (χ4n) is 2.13. The number of carboxylic acids is 1. The van der Waals surface area contributed by atoms with Crippen molar-refractivity contribution in [3.05, 3.63) is 24.3 Å². The minimum absolute atomic E-state index is 0.000250. The number of carbonyl (C=O) groups is 2. The van der Waals surface area contributed by atoms with Gasteiger partial charge >= 0.3 is 5.97 Å². The van der Waals surface area contributed by atoms with Crippen molar-refractivity contribution in [2.75, 3.05) is 11.4 Å². The van der Waals surface area contributed by atoms with Crippen LogP contribution in [0.5, 0.6) is 5.75 Å². The lowest BCUT2D eigenvalue weighted by molar-refractivity contribution is -0.138. The predicted octanol–water partition coefficient (Wildman–Crippen LogP) is 2.06. The van der Waals surface area contributed by atoms with Gasteiger partial charge in [-0.2, -0.15) is 0 Å². The van der Waals surface area contributed by atoms with Crippen LogP contribution in [0.3, 0.4) is 0 Å². The van der Waals surface area contributed by atoms with E-state index in [0.29, 0.717) is 18.0 Å². The smallest absolute Gasteiger partial charge is 0.303 e. The molecule has 1 heterocycles. The first-order valence-corrected chi connectivity index (χ1v) is 6.19. The van der Waals surface area contributed by atoms with Gasteiger partial charge in [-0.1, -0.05) is 12.1 Å². The summed E-state index contributed by atoms with van der Waals surface area (Å²) in [6, 6.07) is 7.30. The number of amides is 1. The molecular formula is C14H17NO4. The average Bonchev–Trinajstić information content (AvgIpc) is 2.33. The fourth-order valence-corrected chi connectivity index (χ4v) is 2.13. The first kappa shape index (κ1) is 13.4. The maximum Gasteiger partial charge on any atom is 0.303 e. The zero-order valence-electron chi connectivity index (χ0n) is 11.0. The molecule has 0 radical (unpaired) electrons. The highest BCUT2D eigenvalue weighted by atomic mass is 16.5. The lowest BCUT2D eigenvalue weighted by atomic mass is 10.0. The van der Waals surface area contributed by atoms with Gasteiger partial charge in [-0.15, -0.1) is 0 Å². The monoisotopic (exact) mass is 263 g/mol. The van der Waals surface area contributed by atoms with E-state index in [1.165, 1.54) is 0 Å². The largest absolute Gasteiger partial charge is 0.484 e. The third-order valence-corrected chi connectivity index (χ3v) is 2.93. The summed E-state index contributed by atoms with van der Waals surface area (Å²) < 4.78 is 5.82. The molecule has 1 aliphatic rings. The third-order valence-electron chi connectivity index (χ3n) is 2.93. The molecule has 0 fully saturated rings. The first-order chi connectivity index (χ1) is 8.89. The fraction of sp³-hybridized carbons (Fsp3) is 0.429. The van der Waals surface area contributed by atoms with Crippen molar-refractivity contribution < 1.29 is 19.4 Å². The summed E-state index contributed by atoms with van der Waals surface area (Å²) in [6.07, 6.45) is -0.154. The van der Waals surface area contributed by atoms with Crippen molar-refractivity contribution in [1.29, 1.82) is 0 Å². The second kappa shape index (κ2) is 4.91. The van der Waals surface area contributed by atoms with Gasteiger partial charge < -0.3 is 14.7 Å². The van der Waals surface area contributed by atoms with Gasteiger partial charge in [0.25, 0.3) is 0 Å². The van der Waals surface area contributed by atoms with Crippen LogP contribution in [0.25, 0.3) is 0 Å². The van der Waals surface area contributed by atoms with Gasteiger partial charge in [0, 0.05) is 6.42 Å². The Hall–Kier alpha value is -2.04. The standard InChI is InChI=1S/C14H17NO4/c1-14(2)9-15(12(16)7-8-13(17)18)10-5-3-4-6-11(10)19-14/h3-6H,7-9H2,1-2H3,(H,17,18). The van der Waals surface area contributed by atoms with Crippen LogP contribution in [-0.2, 0) is 9.59 Å². The SMILES string of the molecule is CC1(C)CN(C(=O)CCC(=O)O)c2ccccc2O1. The molecule has 0 aliphatic carbocycles. The molecule has 0 atom stereocenters. The highest BCUT2D eigenvalue weighted by Crippen LogP contribution is 2.36. The van der Waals surface area contributed by atoms with E-state index in [4.69, 9.17) is 9.84 Å². The van der Waals surface area contributed by atoms with E-state index in [1.807, 2.05) is 38.1 Å². The number of hydrogen-bond donors (Lipinski definition) is 1. The summed E-state index contributed by atoms with van der Waals surface area (Å²) >= 11 is 0. The van der Waals surface area contributed by atoms with Gasteiger partial charge in [0.2, 0.25) is 5.91 Å². The molecule has 102 valence electrons. The molecule has 2 rings (SSSR count). The van der Waals surface area contributed by atoms with Crippen LogP contribution in [0.15, 0.2) is 24.3 Å². The Morgan fingerprint density at radius 2 is 2.00 bits per heavy atom. The van der Waals surface area contributed by atoms with Crippen LogP contribution in [0.2, 0.25) is 0 Å². The molecule has 1 aromatic carbocycles.